The highest BCUT2D eigenvalue weighted by atomic mass is 19.2. The van der Waals surface area contributed by atoms with Gasteiger partial charge in [-0.15, -0.1) is 0 Å². The Balaban J connectivity index is 2.05. The molecule has 0 atom stereocenters. The molecule has 0 bridgehead atoms. The summed E-state index contributed by atoms with van der Waals surface area (Å²) in [5.41, 5.74) is 0.232. The Morgan fingerprint density at radius 3 is 2.55 bits per heavy atom. The second kappa shape index (κ2) is 5.87. The third-order valence-electron chi connectivity index (χ3n) is 3.97. The van der Waals surface area contributed by atoms with Gasteiger partial charge in [-0.25, -0.2) is 8.78 Å². The minimum atomic E-state index is -0.878. The molecule has 1 aliphatic rings. The molecule has 0 radical (unpaired) electrons. The van der Waals surface area contributed by atoms with Gasteiger partial charge in [0.2, 0.25) is 5.91 Å². The number of hydrogen-bond donors (Lipinski definition) is 1. The Hall–Kier alpha value is -1.49. The lowest BCUT2D eigenvalue weighted by Gasteiger charge is -2.36. The number of hydrogen-bond acceptors (Lipinski definition) is 2. The number of nitrogens with one attached hydrogen (secondary N) is 1. The molecule has 1 aromatic carbocycles. The van der Waals surface area contributed by atoms with Crippen LogP contribution in [0.5, 0.6) is 0 Å². The van der Waals surface area contributed by atoms with Crippen molar-refractivity contribution in [1.82, 2.24) is 10.2 Å². The number of halogens is 2. The van der Waals surface area contributed by atoms with Gasteiger partial charge in [0, 0.05) is 19.0 Å². The van der Waals surface area contributed by atoms with E-state index < -0.39 is 11.6 Å². The molecular formula is C15H20F2N2O. The first-order valence-corrected chi connectivity index (χ1v) is 6.82. The summed E-state index contributed by atoms with van der Waals surface area (Å²) in [5.74, 6) is -1.69. The van der Waals surface area contributed by atoms with Crippen molar-refractivity contribution < 1.29 is 13.6 Å². The summed E-state index contributed by atoms with van der Waals surface area (Å²) in [6.07, 6.45) is 1.60. The standard InChI is InChI=1S/C15H20F2N2O/c1-15(5-7-18-8-6-15)14(20)19(2)10-11-3-4-12(16)13(17)9-11/h3-4,9,18H,5-8,10H2,1-2H3. The lowest BCUT2D eigenvalue weighted by molar-refractivity contribution is -0.141. The maximum Gasteiger partial charge on any atom is 0.228 e. The quantitative estimate of drug-likeness (QED) is 0.922. The second-order valence-electron chi connectivity index (χ2n) is 5.72. The zero-order chi connectivity index (χ0) is 14.8. The van der Waals surface area contributed by atoms with Gasteiger partial charge >= 0.3 is 0 Å². The smallest absolute Gasteiger partial charge is 0.228 e. The van der Waals surface area contributed by atoms with E-state index in [2.05, 4.69) is 5.32 Å². The lowest BCUT2D eigenvalue weighted by Crippen LogP contribution is -2.46. The summed E-state index contributed by atoms with van der Waals surface area (Å²) < 4.78 is 26.1. The van der Waals surface area contributed by atoms with Crippen molar-refractivity contribution in [3.05, 3.63) is 35.4 Å². The molecule has 1 amide bonds. The summed E-state index contributed by atoms with van der Waals surface area (Å²) >= 11 is 0. The average Bonchev–Trinajstić information content (AvgIpc) is 2.43. The van der Waals surface area contributed by atoms with Gasteiger partial charge in [-0.2, -0.15) is 0 Å². The summed E-state index contributed by atoms with van der Waals surface area (Å²) in [5, 5.41) is 3.24. The van der Waals surface area contributed by atoms with Gasteiger partial charge in [-0.3, -0.25) is 4.79 Å². The van der Waals surface area contributed by atoms with E-state index in [4.69, 9.17) is 0 Å². The molecule has 1 aliphatic heterocycles. The SMILES string of the molecule is CN(Cc1ccc(F)c(F)c1)C(=O)C1(C)CCNCC1. The fraction of sp³-hybridized carbons (Fsp3) is 0.533. The fourth-order valence-electron chi connectivity index (χ4n) is 2.64. The summed E-state index contributed by atoms with van der Waals surface area (Å²) in [7, 11) is 1.71. The van der Waals surface area contributed by atoms with E-state index >= 15 is 0 Å². The lowest BCUT2D eigenvalue weighted by atomic mass is 9.79. The summed E-state index contributed by atoms with van der Waals surface area (Å²) in [6, 6.07) is 3.74. The normalized spacial score (nSPS) is 17.8. The van der Waals surface area contributed by atoms with Crippen LogP contribution in [0.4, 0.5) is 8.78 Å². The first-order chi connectivity index (χ1) is 9.42. The predicted molar refractivity (Wildman–Crippen MR) is 73.0 cm³/mol. The van der Waals surface area contributed by atoms with Crippen LogP contribution in [0.15, 0.2) is 18.2 Å². The van der Waals surface area contributed by atoms with Gasteiger partial charge in [0.25, 0.3) is 0 Å². The van der Waals surface area contributed by atoms with Crippen molar-refractivity contribution in [1.29, 1.82) is 0 Å². The maximum absolute atomic E-state index is 13.2. The Morgan fingerprint density at radius 2 is 1.95 bits per heavy atom. The number of piperidine rings is 1. The maximum atomic E-state index is 13.2. The van der Waals surface area contributed by atoms with E-state index in [-0.39, 0.29) is 11.3 Å². The van der Waals surface area contributed by atoms with Crippen LogP contribution in [0.2, 0.25) is 0 Å². The van der Waals surface area contributed by atoms with Crippen LogP contribution >= 0.6 is 0 Å². The fourth-order valence-corrected chi connectivity index (χ4v) is 2.64. The highest BCUT2D eigenvalue weighted by Crippen LogP contribution is 2.30. The van der Waals surface area contributed by atoms with Crippen LogP contribution in [0.3, 0.4) is 0 Å². The number of benzene rings is 1. The van der Waals surface area contributed by atoms with Crippen LogP contribution in [0.1, 0.15) is 25.3 Å². The van der Waals surface area contributed by atoms with Crippen molar-refractivity contribution in [2.24, 2.45) is 5.41 Å². The third-order valence-corrected chi connectivity index (χ3v) is 3.97. The van der Waals surface area contributed by atoms with E-state index in [1.807, 2.05) is 6.92 Å². The molecule has 110 valence electrons. The Labute approximate surface area is 118 Å². The molecule has 1 saturated heterocycles. The molecule has 1 fully saturated rings. The molecule has 0 unspecified atom stereocenters. The van der Waals surface area contributed by atoms with Crippen molar-refractivity contribution in [2.45, 2.75) is 26.3 Å². The van der Waals surface area contributed by atoms with Crippen LogP contribution in [0.25, 0.3) is 0 Å². The van der Waals surface area contributed by atoms with Crippen molar-refractivity contribution in [2.75, 3.05) is 20.1 Å². The summed E-state index contributed by atoms with van der Waals surface area (Å²) in [4.78, 5) is 14.1. The van der Waals surface area contributed by atoms with E-state index in [1.54, 1.807) is 11.9 Å². The van der Waals surface area contributed by atoms with E-state index in [0.29, 0.717) is 12.1 Å². The molecule has 0 aliphatic carbocycles. The molecule has 0 spiro atoms. The minimum Gasteiger partial charge on any atom is -0.341 e. The molecule has 0 saturated carbocycles. The molecule has 1 heterocycles. The van der Waals surface area contributed by atoms with Crippen molar-refractivity contribution >= 4 is 5.91 Å². The topological polar surface area (TPSA) is 32.3 Å². The number of carbonyl (C=O) groups is 1. The molecule has 0 aromatic heterocycles. The molecule has 3 nitrogen and oxygen atoms in total. The monoisotopic (exact) mass is 282 g/mol. The number of carbonyl (C=O) groups excluding carboxylic acids is 1. The number of amides is 1. The number of nitrogens with zero attached hydrogens (tertiary/aromatic N) is 1. The largest absolute Gasteiger partial charge is 0.341 e. The Bertz CT molecular complexity index is 499. The third kappa shape index (κ3) is 3.15. The van der Waals surface area contributed by atoms with Crippen LogP contribution < -0.4 is 5.32 Å². The first kappa shape index (κ1) is 14.9. The van der Waals surface area contributed by atoms with Gasteiger partial charge < -0.3 is 10.2 Å². The predicted octanol–water partition coefficient (Wildman–Crippen LogP) is 2.31. The van der Waals surface area contributed by atoms with Crippen LogP contribution in [-0.4, -0.2) is 30.9 Å². The molecule has 1 N–H and O–H groups in total. The van der Waals surface area contributed by atoms with Crippen LogP contribution in [0, 0.1) is 17.0 Å². The second-order valence-corrected chi connectivity index (χ2v) is 5.72. The van der Waals surface area contributed by atoms with Gasteiger partial charge in [0.1, 0.15) is 0 Å². The Kier molecular flexibility index (Phi) is 4.38. The molecule has 2 rings (SSSR count). The highest BCUT2D eigenvalue weighted by Gasteiger charge is 2.36. The van der Waals surface area contributed by atoms with Gasteiger partial charge in [0.15, 0.2) is 11.6 Å². The van der Waals surface area contributed by atoms with E-state index in [1.165, 1.54) is 6.07 Å². The zero-order valence-electron chi connectivity index (χ0n) is 11.9. The van der Waals surface area contributed by atoms with Gasteiger partial charge in [0.05, 0.1) is 0 Å². The van der Waals surface area contributed by atoms with Crippen molar-refractivity contribution in [3.63, 3.8) is 0 Å². The van der Waals surface area contributed by atoms with Gasteiger partial charge in [-0.05, 0) is 43.6 Å². The molecular weight excluding hydrogens is 262 g/mol. The number of rotatable bonds is 3. The molecule has 20 heavy (non-hydrogen) atoms. The molecule has 5 heteroatoms. The Morgan fingerprint density at radius 1 is 1.30 bits per heavy atom. The first-order valence-electron chi connectivity index (χ1n) is 6.82. The molecule has 1 aromatic rings. The van der Waals surface area contributed by atoms with E-state index in [0.717, 1.165) is 38.1 Å². The average molecular weight is 282 g/mol. The van der Waals surface area contributed by atoms with Gasteiger partial charge in [-0.1, -0.05) is 13.0 Å². The van der Waals surface area contributed by atoms with E-state index in [9.17, 15) is 13.6 Å². The van der Waals surface area contributed by atoms with Crippen LogP contribution in [-0.2, 0) is 11.3 Å². The highest BCUT2D eigenvalue weighted by molar-refractivity contribution is 5.82. The zero-order valence-corrected chi connectivity index (χ0v) is 11.9. The minimum absolute atomic E-state index is 0.0590. The van der Waals surface area contributed by atoms with Crippen molar-refractivity contribution in [3.8, 4) is 0 Å². The summed E-state index contributed by atoms with van der Waals surface area (Å²) in [6.45, 7) is 3.93.